The molecule has 1 aromatic heterocycles. The Hall–Kier alpha value is -2.80. The minimum Gasteiger partial charge on any atom is -0.497 e. The Morgan fingerprint density at radius 2 is 2.05 bits per heavy atom. The van der Waals surface area contributed by atoms with Crippen LogP contribution in [0, 0.1) is 17.1 Å². The predicted octanol–water partition coefficient (Wildman–Crippen LogP) is 3.71. The lowest BCUT2D eigenvalue weighted by molar-refractivity contribution is 0.410. The Labute approximate surface area is 121 Å². The second kappa shape index (κ2) is 5.29. The summed E-state index contributed by atoms with van der Waals surface area (Å²) < 4.78 is 21.0. The summed E-state index contributed by atoms with van der Waals surface area (Å²) in [4.78, 5) is 0. The van der Waals surface area contributed by atoms with Crippen molar-refractivity contribution >= 4 is 10.9 Å². The molecule has 21 heavy (non-hydrogen) atoms. The van der Waals surface area contributed by atoms with Gasteiger partial charge in [-0.2, -0.15) is 5.26 Å². The topological polar surface area (TPSA) is 38.0 Å². The minimum absolute atomic E-state index is 0.298. The molecule has 4 heteroatoms. The number of methoxy groups -OCH3 is 1. The molecule has 0 bridgehead atoms. The van der Waals surface area contributed by atoms with Gasteiger partial charge >= 0.3 is 0 Å². The molecule has 0 aliphatic heterocycles. The van der Waals surface area contributed by atoms with Gasteiger partial charge < -0.3 is 9.30 Å². The fourth-order valence-corrected chi connectivity index (χ4v) is 2.36. The first-order valence-electron chi connectivity index (χ1n) is 6.52. The van der Waals surface area contributed by atoms with E-state index < -0.39 is 0 Å². The van der Waals surface area contributed by atoms with Crippen LogP contribution < -0.4 is 4.74 Å². The van der Waals surface area contributed by atoms with Crippen LogP contribution in [0.15, 0.2) is 48.7 Å². The van der Waals surface area contributed by atoms with E-state index in [-0.39, 0.29) is 5.82 Å². The van der Waals surface area contributed by atoms with E-state index in [9.17, 15) is 4.39 Å². The van der Waals surface area contributed by atoms with Gasteiger partial charge in [0.25, 0.3) is 0 Å². The van der Waals surface area contributed by atoms with E-state index in [4.69, 9.17) is 10.00 Å². The van der Waals surface area contributed by atoms with Crippen LogP contribution >= 0.6 is 0 Å². The molecule has 0 aliphatic carbocycles. The first-order chi connectivity index (χ1) is 10.2. The largest absolute Gasteiger partial charge is 0.497 e. The summed E-state index contributed by atoms with van der Waals surface area (Å²) in [6.07, 6.45) is 1.90. The molecule has 1 heterocycles. The number of fused-ring (bicyclic) bond motifs is 1. The van der Waals surface area contributed by atoms with Crippen LogP contribution in [0.4, 0.5) is 4.39 Å². The molecule has 0 atom stereocenters. The Balaban J connectivity index is 2.00. The quantitative estimate of drug-likeness (QED) is 0.733. The lowest BCUT2D eigenvalue weighted by Crippen LogP contribution is -2.01. The highest BCUT2D eigenvalue weighted by atomic mass is 19.1. The van der Waals surface area contributed by atoms with E-state index in [2.05, 4.69) is 6.07 Å². The van der Waals surface area contributed by atoms with Crippen molar-refractivity contribution < 1.29 is 9.13 Å². The van der Waals surface area contributed by atoms with Gasteiger partial charge in [0.1, 0.15) is 11.6 Å². The lowest BCUT2D eigenvalue weighted by Gasteiger charge is -2.08. The van der Waals surface area contributed by atoms with Crippen LogP contribution in [0.25, 0.3) is 10.9 Å². The number of rotatable bonds is 3. The summed E-state index contributed by atoms with van der Waals surface area (Å²) in [5, 5.41) is 10.0. The lowest BCUT2D eigenvalue weighted by atomic mass is 10.1. The molecule has 0 saturated heterocycles. The Morgan fingerprint density at radius 3 is 2.76 bits per heavy atom. The Bertz CT molecular complexity index is 846. The minimum atomic E-state index is -0.298. The van der Waals surface area contributed by atoms with Gasteiger partial charge in [0.05, 0.1) is 25.3 Å². The van der Waals surface area contributed by atoms with Crippen LogP contribution in [-0.2, 0) is 6.54 Å². The normalized spacial score (nSPS) is 10.5. The maximum atomic E-state index is 14.0. The van der Waals surface area contributed by atoms with E-state index in [1.807, 2.05) is 29.0 Å². The summed E-state index contributed by atoms with van der Waals surface area (Å²) in [5.41, 5.74) is 2.09. The van der Waals surface area contributed by atoms with Crippen molar-refractivity contribution in [2.24, 2.45) is 0 Å². The number of halogens is 1. The number of benzene rings is 2. The van der Waals surface area contributed by atoms with E-state index >= 15 is 0 Å². The molecule has 0 saturated carbocycles. The Kier molecular flexibility index (Phi) is 3.33. The van der Waals surface area contributed by atoms with Crippen molar-refractivity contribution in [3.63, 3.8) is 0 Å². The summed E-state index contributed by atoms with van der Waals surface area (Å²) in [7, 11) is 1.51. The van der Waals surface area contributed by atoms with E-state index in [0.717, 1.165) is 10.9 Å². The zero-order valence-corrected chi connectivity index (χ0v) is 11.5. The van der Waals surface area contributed by atoms with Crippen molar-refractivity contribution in [2.75, 3.05) is 7.11 Å². The van der Waals surface area contributed by atoms with Gasteiger partial charge in [0, 0.05) is 23.3 Å². The van der Waals surface area contributed by atoms with Crippen LogP contribution in [0.3, 0.4) is 0 Å². The maximum absolute atomic E-state index is 14.0. The number of aromatic nitrogens is 1. The number of hydrogen-bond acceptors (Lipinski definition) is 2. The first-order valence-corrected chi connectivity index (χ1v) is 6.52. The van der Waals surface area contributed by atoms with Gasteiger partial charge in [-0.3, -0.25) is 0 Å². The molecule has 0 aliphatic rings. The molecule has 0 unspecified atom stereocenters. The number of nitriles is 1. The summed E-state index contributed by atoms with van der Waals surface area (Å²) >= 11 is 0. The molecule has 2 aromatic carbocycles. The molecular weight excluding hydrogens is 267 g/mol. The fraction of sp³-hybridized carbons (Fsp3) is 0.118. The molecule has 104 valence electrons. The molecule has 0 spiro atoms. The van der Waals surface area contributed by atoms with Crippen molar-refractivity contribution in [3.8, 4) is 11.8 Å². The third-order valence-electron chi connectivity index (χ3n) is 3.50. The summed E-state index contributed by atoms with van der Waals surface area (Å²) in [6.45, 7) is 0.411. The first kappa shape index (κ1) is 13.2. The SMILES string of the molecule is COc1ccc(Cn2ccc3ccc(C#N)cc32)c(F)c1. The van der Waals surface area contributed by atoms with Gasteiger partial charge in [0.2, 0.25) is 0 Å². The van der Waals surface area contributed by atoms with Gasteiger partial charge in [-0.15, -0.1) is 0 Å². The Morgan fingerprint density at radius 1 is 1.19 bits per heavy atom. The van der Waals surface area contributed by atoms with Crippen LogP contribution in [0.5, 0.6) is 5.75 Å². The molecule has 0 amide bonds. The average molecular weight is 280 g/mol. The van der Waals surface area contributed by atoms with Crippen molar-refractivity contribution in [1.82, 2.24) is 4.57 Å². The van der Waals surface area contributed by atoms with Crippen LogP contribution in [0.1, 0.15) is 11.1 Å². The summed E-state index contributed by atoms with van der Waals surface area (Å²) in [6, 6.07) is 14.4. The highest BCUT2D eigenvalue weighted by Gasteiger charge is 2.07. The van der Waals surface area contributed by atoms with Gasteiger partial charge in [-0.1, -0.05) is 12.1 Å². The molecule has 3 aromatic rings. The monoisotopic (exact) mass is 280 g/mol. The molecule has 3 nitrogen and oxygen atoms in total. The van der Waals surface area contributed by atoms with E-state index in [1.54, 1.807) is 18.2 Å². The van der Waals surface area contributed by atoms with Gasteiger partial charge in [0.15, 0.2) is 0 Å². The molecule has 3 rings (SSSR count). The third kappa shape index (κ3) is 2.46. The van der Waals surface area contributed by atoms with Crippen molar-refractivity contribution in [3.05, 3.63) is 65.6 Å². The zero-order valence-electron chi connectivity index (χ0n) is 11.5. The van der Waals surface area contributed by atoms with Gasteiger partial charge in [-0.25, -0.2) is 4.39 Å². The molecule has 0 N–H and O–H groups in total. The predicted molar refractivity (Wildman–Crippen MR) is 78.7 cm³/mol. The second-order valence-corrected chi connectivity index (χ2v) is 4.79. The maximum Gasteiger partial charge on any atom is 0.131 e. The fourth-order valence-electron chi connectivity index (χ4n) is 2.36. The van der Waals surface area contributed by atoms with Crippen LogP contribution in [0.2, 0.25) is 0 Å². The van der Waals surface area contributed by atoms with E-state index in [0.29, 0.717) is 23.4 Å². The van der Waals surface area contributed by atoms with Crippen molar-refractivity contribution in [2.45, 2.75) is 6.54 Å². The highest BCUT2D eigenvalue weighted by Crippen LogP contribution is 2.21. The number of hydrogen-bond donors (Lipinski definition) is 0. The van der Waals surface area contributed by atoms with E-state index in [1.165, 1.54) is 13.2 Å². The zero-order chi connectivity index (χ0) is 14.8. The van der Waals surface area contributed by atoms with Crippen LogP contribution in [-0.4, -0.2) is 11.7 Å². The second-order valence-electron chi connectivity index (χ2n) is 4.79. The average Bonchev–Trinajstić information content (AvgIpc) is 2.91. The summed E-state index contributed by atoms with van der Waals surface area (Å²) in [5.74, 6) is 0.202. The highest BCUT2D eigenvalue weighted by molar-refractivity contribution is 5.81. The molecule has 0 radical (unpaired) electrons. The number of nitrogens with zero attached hydrogens (tertiary/aromatic N) is 2. The smallest absolute Gasteiger partial charge is 0.131 e. The van der Waals surface area contributed by atoms with Gasteiger partial charge in [-0.05, 0) is 29.7 Å². The molecular formula is C17H13FN2O. The standard InChI is InChI=1S/C17H13FN2O/c1-21-15-5-4-14(16(18)9-15)11-20-7-6-13-3-2-12(10-19)8-17(13)20/h2-9H,11H2,1H3. The molecule has 0 fully saturated rings. The van der Waals surface area contributed by atoms with Crippen molar-refractivity contribution in [1.29, 1.82) is 5.26 Å². The number of ether oxygens (including phenoxy) is 1. The third-order valence-corrected chi connectivity index (χ3v) is 3.50.